The molecule has 0 radical (unpaired) electrons. The van der Waals surface area contributed by atoms with Crippen molar-refractivity contribution in [2.45, 2.75) is 38.6 Å². The first kappa shape index (κ1) is 18.0. The van der Waals surface area contributed by atoms with Crippen molar-refractivity contribution in [3.63, 3.8) is 0 Å². The lowest BCUT2D eigenvalue weighted by Gasteiger charge is -2.20. The number of pyridine rings is 1. The van der Waals surface area contributed by atoms with E-state index in [1.807, 2.05) is 11.0 Å². The van der Waals surface area contributed by atoms with Crippen LogP contribution in [0.15, 0.2) is 18.3 Å². The average Bonchev–Trinajstić information content (AvgIpc) is 2.81. The first-order valence-corrected chi connectivity index (χ1v) is 8.47. The zero-order valence-corrected chi connectivity index (χ0v) is 14.2. The maximum absolute atomic E-state index is 11.9. The molecule has 1 aromatic rings. The Bertz CT molecular complexity index is 533. The topological polar surface area (TPSA) is 83.6 Å². The average molecular weight is 334 g/mol. The van der Waals surface area contributed by atoms with E-state index in [0.29, 0.717) is 31.9 Å². The van der Waals surface area contributed by atoms with Gasteiger partial charge in [0, 0.05) is 44.9 Å². The molecule has 3 amide bonds. The van der Waals surface area contributed by atoms with Gasteiger partial charge in [-0.3, -0.25) is 4.79 Å². The molecule has 0 spiro atoms. The van der Waals surface area contributed by atoms with Crippen LogP contribution in [0.2, 0.25) is 0 Å². The van der Waals surface area contributed by atoms with Gasteiger partial charge in [0.05, 0.1) is 7.11 Å². The van der Waals surface area contributed by atoms with Crippen LogP contribution in [0, 0.1) is 0 Å². The molecule has 2 N–H and O–H groups in total. The predicted octanol–water partition coefficient (Wildman–Crippen LogP) is 1.68. The van der Waals surface area contributed by atoms with Crippen molar-refractivity contribution in [1.29, 1.82) is 0 Å². The van der Waals surface area contributed by atoms with E-state index in [1.54, 1.807) is 19.4 Å². The molecule has 2 rings (SSSR count). The van der Waals surface area contributed by atoms with Crippen molar-refractivity contribution < 1.29 is 14.3 Å². The van der Waals surface area contributed by atoms with E-state index in [4.69, 9.17) is 4.74 Å². The number of aromatic nitrogens is 1. The van der Waals surface area contributed by atoms with Crippen LogP contribution in [0.1, 0.15) is 37.7 Å². The third kappa shape index (κ3) is 6.06. The van der Waals surface area contributed by atoms with E-state index in [-0.39, 0.29) is 11.9 Å². The van der Waals surface area contributed by atoms with Crippen LogP contribution in [-0.2, 0) is 11.3 Å². The minimum atomic E-state index is -0.215. The monoisotopic (exact) mass is 334 g/mol. The Balaban J connectivity index is 1.59. The van der Waals surface area contributed by atoms with Gasteiger partial charge in [0.15, 0.2) is 0 Å². The number of likely N-dealkylation sites (tertiary alicyclic amines) is 1. The SMILES string of the molecule is COc1ccc(CNC(=O)NCCCN2CCCCCC2=O)cn1. The molecule has 7 nitrogen and oxygen atoms in total. The summed E-state index contributed by atoms with van der Waals surface area (Å²) >= 11 is 0. The predicted molar refractivity (Wildman–Crippen MR) is 90.7 cm³/mol. The number of urea groups is 1. The summed E-state index contributed by atoms with van der Waals surface area (Å²) in [5.74, 6) is 0.787. The van der Waals surface area contributed by atoms with Crippen LogP contribution in [0.4, 0.5) is 4.79 Å². The number of nitrogens with one attached hydrogen (secondary N) is 2. The fourth-order valence-electron chi connectivity index (χ4n) is 2.63. The second-order valence-electron chi connectivity index (χ2n) is 5.86. The zero-order chi connectivity index (χ0) is 17.2. The Morgan fingerprint density at radius 2 is 2.17 bits per heavy atom. The number of carbonyl (C=O) groups is 2. The first-order valence-electron chi connectivity index (χ1n) is 8.47. The van der Waals surface area contributed by atoms with Gasteiger partial charge in [0.1, 0.15) is 0 Å². The Hall–Kier alpha value is -2.31. The molecule has 0 bridgehead atoms. The van der Waals surface area contributed by atoms with Gasteiger partial charge >= 0.3 is 6.03 Å². The van der Waals surface area contributed by atoms with Crippen LogP contribution in [0.5, 0.6) is 5.88 Å². The van der Waals surface area contributed by atoms with E-state index in [9.17, 15) is 9.59 Å². The van der Waals surface area contributed by atoms with Crippen molar-refractivity contribution >= 4 is 11.9 Å². The summed E-state index contributed by atoms with van der Waals surface area (Å²) in [6.45, 7) is 2.51. The van der Waals surface area contributed by atoms with Crippen LogP contribution in [-0.4, -0.2) is 48.6 Å². The summed E-state index contributed by atoms with van der Waals surface area (Å²) in [5.41, 5.74) is 0.904. The second kappa shape index (κ2) is 9.75. The lowest BCUT2D eigenvalue weighted by atomic mass is 10.2. The van der Waals surface area contributed by atoms with Crippen LogP contribution >= 0.6 is 0 Å². The number of rotatable bonds is 7. The molecule has 0 aliphatic carbocycles. The number of carbonyl (C=O) groups excluding carboxylic acids is 2. The number of ether oxygens (including phenoxy) is 1. The lowest BCUT2D eigenvalue weighted by molar-refractivity contribution is -0.130. The molecular weight excluding hydrogens is 308 g/mol. The highest BCUT2D eigenvalue weighted by atomic mass is 16.5. The van der Waals surface area contributed by atoms with Gasteiger partial charge < -0.3 is 20.3 Å². The Morgan fingerprint density at radius 3 is 2.92 bits per heavy atom. The van der Waals surface area contributed by atoms with E-state index in [2.05, 4.69) is 15.6 Å². The van der Waals surface area contributed by atoms with Crippen molar-refractivity contribution in [2.75, 3.05) is 26.7 Å². The van der Waals surface area contributed by atoms with E-state index < -0.39 is 0 Å². The van der Waals surface area contributed by atoms with Crippen LogP contribution in [0.25, 0.3) is 0 Å². The van der Waals surface area contributed by atoms with E-state index in [1.165, 1.54) is 0 Å². The Kier molecular flexibility index (Phi) is 7.32. The molecule has 1 saturated heterocycles. The van der Waals surface area contributed by atoms with Crippen molar-refractivity contribution in [2.24, 2.45) is 0 Å². The molecular formula is C17H26N4O3. The van der Waals surface area contributed by atoms with Gasteiger partial charge in [0.2, 0.25) is 11.8 Å². The van der Waals surface area contributed by atoms with Gasteiger partial charge in [-0.05, 0) is 24.8 Å². The first-order chi connectivity index (χ1) is 11.7. The number of amides is 3. The Labute approximate surface area is 142 Å². The van der Waals surface area contributed by atoms with Gasteiger partial charge in [0.25, 0.3) is 0 Å². The van der Waals surface area contributed by atoms with Crippen LogP contribution < -0.4 is 15.4 Å². The second-order valence-corrected chi connectivity index (χ2v) is 5.86. The smallest absolute Gasteiger partial charge is 0.315 e. The van der Waals surface area contributed by atoms with Crippen molar-refractivity contribution in [1.82, 2.24) is 20.5 Å². The third-order valence-electron chi connectivity index (χ3n) is 4.02. The van der Waals surface area contributed by atoms with Gasteiger partial charge in [-0.2, -0.15) is 0 Å². The van der Waals surface area contributed by atoms with Crippen molar-refractivity contribution in [3.05, 3.63) is 23.9 Å². The number of hydrogen-bond acceptors (Lipinski definition) is 4. The zero-order valence-electron chi connectivity index (χ0n) is 14.2. The summed E-state index contributed by atoms with van der Waals surface area (Å²) in [5, 5.41) is 5.59. The standard InChI is InChI=1S/C17H26N4O3/c1-24-15-8-7-14(12-19-15)13-20-17(23)18-9-5-11-21-10-4-2-3-6-16(21)22/h7-8,12H,2-6,9-11,13H2,1H3,(H2,18,20,23). The summed E-state index contributed by atoms with van der Waals surface area (Å²) in [7, 11) is 1.56. The van der Waals surface area contributed by atoms with Gasteiger partial charge in [-0.1, -0.05) is 12.5 Å². The maximum atomic E-state index is 11.9. The largest absolute Gasteiger partial charge is 0.481 e. The lowest BCUT2D eigenvalue weighted by Crippen LogP contribution is -2.38. The molecule has 1 aliphatic heterocycles. The molecule has 1 aromatic heterocycles. The minimum Gasteiger partial charge on any atom is -0.481 e. The maximum Gasteiger partial charge on any atom is 0.315 e. The molecule has 1 fully saturated rings. The molecule has 24 heavy (non-hydrogen) atoms. The molecule has 0 aromatic carbocycles. The summed E-state index contributed by atoms with van der Waals surface area (Å²) in [6.07, 6.45) is 6.30. The highest BCUT2D eigenvalue weighted by molar-refractivity contribution is 5.76. The summed E-state index contributed by atoms with van der Waals surface area (Å²) in [6, 6.07) is 3.40. The quantitative estimate of drug-likeness (QED) is 0.743. The fourth-order valence-corrected chi connectivity index (χ4v) is 2.63. The summed E-state index contributed by atoms with van der Waals surface area (Å²) in [4.78, 5) is 29.6. The molecule has 0 saturated carbocycles. The molecule has 0 unspecified atom stereocenters. The van der Waals surface area contributed by atoms with Gasteiger partial charge in [-0.15, -0.1) is 0 Å². The van der Waals surface area contributed by atoms with Crippen molar-refractivity contribution in [3.8, 4) is 5.88 Å². The number of hydrogen-bond donors (Lipinski definition) is 2. The number of nitrogens with zero attached hydrogens (tertiary/aromatic N) is 2. The summed E-state index contributed by atoms with van der Waals surface area (Å²) < 4.78 is 4.99. The van der Waals surface area contributed by atoms with Crippen LogP contribution in [0.3, 0.4) is 0 Å². The molecule has 2 heterocycles. The molecule has 1 aliphatic rings. The Morgan fingerprint density at radius 1 is 1.29 bits per heavy atom. The highest BCUT2D eigenvalue weighted by Gasteiger charge is 2.15. The van der Waals surface area contributed by atoms with E-state index >= 15 is 0 Å². The van der Waals surface area contributed by atoms with Gasteiger partial charge in [-0.25, -0.2) is 9.78 Å². The highest BCUT2D eigenvalue weighted by Crippen LogP contribution is 2.11. The normalized spacial score (nSPS) is 14.9. The number of methoxy groups -OCH3 is 1. The third-order valence-corrected chi connectivity index (χ3v) is 4.02. The molecule has 7 heteroatoms. The van der Waals surface area contributed by atoms with E-state index in [0.717, 1.165) is 37.8 Å². The molecule has 0 atom stereocenters. The minimum absolute atomic E-state index is 0.215. The molecule has 132 valence electrons. The fraction of sp³-hybridized carbons (Fsp3) is 0.588.